The minimum atomic E-state index is -0.229. The van der Waals surface area contributed by atoms with E-state index in [9.17, 15) is 4.79 Å². The van der Waals surface area contributed by atoms with Gasteiger partial charge in [0.25, 0.3) is 0 Å². The number of nitrogens with zero attached hydrogens (tertiary/aromatic N) is 2. The Morgan fingerprint density at radius 1 is 1.53 bits per heavy atom. The molecular formula is C12H25N3O2. The zero-order valence-electron chi connectivity index (χ0n) is 11.4. The lowest BCUT2D eigenvalue weighted by Gasteiger charge is -2.40. The summed E-state index contributed by atoms with van der Waals surface area (Å²) in [5, 5.41) is 0. The van der Waals surface area contributed by atoms with E-state index in [1.165, 1.54) is 0 Å². The average Bonchev–Trinajstić information content (AvgIpc) is 2.37. The number of amides is 1. The van der Waals surface area contributed by atoms with Gasteiger partial charge in [0, 0.05) is 39.3 Å². The zero-order valence-corrected chi connectivity index (χ0v) is 11.4. The summed E-state index contributed by atoms with van der Waals surface area (Å²) < 4.78 is 5.13. The van der Waals surface area contributed by atoms with E-state index in [2.05, 4.69) is 18.7 Å². The molecule has 1 amide bonds. The molecule has 1 atom stereocenters. The SMILES string of the molecule is COCCN1C(CN)C(=O)N(C)CCC1(C)C. The fraction of sp³-hybridized carbons (Fsp3) is 0.917. The van der Waals surface area contributed by atoms with E-state index >= 15 is 0 Å². The van der Waals surface area contributed by atoms with Crippen molar-refractivity contribution in [1.29, 1.82) is 0 Å². The van der Waals surface area contributed by atoms with Crippen LogP contribution in [0.15, 0.2) is 0 Å². The highest BCUT2D eigenvalue weighted by molar-refractivity contribution is 5.82. The molecule has 1 unspecified atom stereocenters. The van der Waals surface area contributed by atoms with E-state index in [0.29, 0.717) is 13.2 Å². The van der Waals surface area contributed by atoms with Crippen molar-refractivity contribution in [1.82, 2.24) is 9.80 Å². The number of likely N-dealkylation sites (N-methyl/N-ethyl adjacent to an activating group) is 1. The third-order valence-electron chi connectivity index (χ3n) is 3.63. The molecule has 17 heavy (non-hydrogen) atoms. The molecule has 1 fully saturated rings. The fourth-order valence-corrected chi connectivity index (χ4v) is 2.38. The normalized spacial score (nSPS) is 26.1. The molecule has 1 aliphatic rings. The summed E-state index contributed by atoms with van der Waals surface area (Å²) in [5.74, 6) is 0.120. The van der Waals surface area contributed by atoms with E-state index in [-0.39, 0.29) is 17.5 Å². The third kappa shape index (κ3) is 3.18. The Balaban J connectivity index is 2.92. The van der Waals surface area contributed by atoms with Crippen LogP contribution in [0.25, 0.3) is 0 Å². The van der Waals surface area contributed by atoms with Gasteiger partial charge in [-0.1, -0.05) is 0 Å². The predicted octanol–water partition coefficient (Wildman–Crippen LogP) is -0.0972. The van der Waals surface area contributed by atoms with Gasteiger partial charge in [0.05, 0.1) is 6.61 Å². The van der Waals surface area contributed by atoms with E-state index < -0.39 is 0 Å². The second-order valence-electron chi connectivity index (χ2n) is 5.26. The number of hydrogen-bond donors (Lipinski definition) is 1. The fourth-order valence-electron chi connectivity index (χ4n) is 2.38. The number of methoxy groups -OCH3 is 1. The van der Waals surface area contributed by atoms with Crippen LogP contribution in [0.3, 0.4) is 0 Å². The Kier molecular flexibility index (Phi) is 4.91. The van der Waals surface area contributed by atoms with E-state index in [4.69, 9.17) is 10.5 Å². The Morgan fingerprint density at radius 3 is 2.71 bits per heavy atom. The van der Waals surface area contributed by atoms with Gasteiger partial charge in [-0.15, -0.1) is 0 Å². The summed E-state index contributed by atoms with van der Waals surface area (Å²) in [4.78, 5) is 16.2. The van der Waals surface area contributed by atoms with Crippen molar-refractivity contribution in [3.63, 3.8) is 0 Å². The first-order chi connectivity index (χ1) is 7.94. The largest absolute Gasteiger partial charge is 0.383 e. The van der Waals surface area contributed by atoms with Crippen molar-refractivity contribution in [2.24, 2.45) is 5.73 Å². The summed E-state index contributed by atoms with van der Waals surface area (Å²) in [6.07, 6.45) is 0.954. The van der Waals surface area contributed by atoms with Crippen molar-refractivity contribution >= 4 is 5.91 Å². The van der Waals surface area contributed by atoms with Crippen LogP contribution in [-0.2, 0) is 9.53 Å². The molecule has 1 aliphatic heterocycles. The minimum absolute atomic E-state index is 0.0248. The summed E-state index contributed by atoms with van der Waals surface area (Å²) in [5.41, 5.74) is 5.75. The molecule has 0 aromatic carbocycles. The van der Waals surface area contributed by atoms with Crippen molar-refractivity contribution < 1.29 is 9.53 Å². The maximum Gasteiger partial charge on any atom is 0.240 e. The molecule has 0 aliphatic carbocycles. The lowest BCUT2D eigenvalue weighted by molar-refractivity contribution is -0.135. The Labute approximate surface area is 104 Å². The molecule has 2 N–H and O–H groups in total. The number of hydrogen-bond acceptors (Lipinski definition) is 4. The second-order valence-corrected chi connectivity index (χ2v) is 5.26. The van der Waals surface area contributed by atoms with E-state index in [1.54, 1.807) is 12.0 Å². The van der Waals surface area contributed by atoms with Crippen molar-refractivity contribution in [2.75, 3.05) is 40.4 Å². The van der Waals surface area contributed by atoms with Gasteiger partial charge in [0.1, 0.15) is 6.04 Å². The van der Waals surface area contributed by atoms with E-state index in [0.717, 1.165) is 19.5 Å². The minimum Gasteiger partial charge on any atom is -0.383 e. The lowest BCUT2D eigenvalue weighted by Crippen LogP contribution is -2.56. The molecule has 0 bridgehead atoms. The van der Waals surface area contributed by atoms with Crippen LogP contribution in [0.5, 0.6) is 0 Å². The van der Waals surface area contributed by atoms with Gasteiger partial charge in [-0.2, -0.15) is 0 Å². The number of rotatable bonds is 4. The van der Waals surface area contributed by atoms with Gasteiger partial charge in [0.2, 0.25) is 5.91 Å². The van der Waals surface area contributed by atoms with Gasteiger partial charge in [-0.25, -0.2) is 0 Å². The van der Waals surface area contributed by atoms with Crippen LogP contribution in [0.4, 0.5) is 0 Å². The molecular weight excluding hydrogens is 218 g/mol. The molecule has 0 saturated carbocycles. The second kappa shape index (κ2) is 5.80. The number of ether oxygens (including phenoxy) is 1. The molecule has 0 aromatic rings. The first-order valence-electron chi connectivity index (χ1n) is 6.14. The molecule has 1 rings (SSSR count). The molecule has 1 heterocycles. The number of carbonyl (C=O) groups is 1. The van der Waals surface area contributed by atoms with Crippen molar-refractivity contribution in [3.05, 3.63) is 0 Å². The topological polar surface area (TPSA) is 58.8 Å². The van der Waals surface area contributed by atoms with Crippen LogP contribution in [-0.4, -0.2) is 67.7 Å². The smallest absolute Gasteiger partial charge is 0.240 e. The summed E-state index contributed by atoms with van der Waals surface area (Å²) in [6.45, 7) is 6.83. The maximum absolute atomic E-state index is 12.2. The van der Waals surface area contributed by atoms with Crippen LogP contribution in [0, 0.1) is 0 Å². The Morgan fingerprint density at radius 2 is 2.18 bits per heavy atom. The lowest BCUT2D eigenvalue weighted by atomic mass is 9.97. The zero-order chi connectivity index (χ0) is 13.1. The monoisotopic (exact) mass is 243 g/mol. The molecule has 100 valence electrons. The van der Waals surface area contributed by atoms with Crippen LogP contribution in [0.2, 0.25) is 0 Å². The summed E-state index contributed by atoms with van der Waals surface area (Å²) in [6, 6.07) is -0.229. The third-order valence-corrected chi connectivity index (χ3v) is 3.63. The van der Waals surface area contributed by atoms with Gasteiger partial charge < -0.3 is 15.4 Å². The van der Waals surface area contributed by atoms with Crippen LogP contribution in [0.1, 0.15) is 20.3 Å². The van der Waals surface area contributed by atoms with Crippen LogP contribution < -0.4 is 5.73 Å². The quantitative estimate of drug-likeness (QED) is 0.749. The van der Waals surface area contributed by atoms with Gasteiger partial charge in [-0.05, 0) is 20.3 Å². The van der Waals surface area contributed by atoms with E-state index in [1.807, 2.05) is 7.05 Å². The first kappa shape index (κ1) is 14.4. The highest BCUT2D eigenvalue weighted by Gasteiger charge is 2.39. The van der Waals surface area contributed by atoms with Crippen molar-refractivity contribution in [2.45, 2.75) is 31.8 Å². The molecule has 5 heteroatoms. The molecule has 0 radical (unpaired) electrons. The standard InChI is InChI=1S/C12H25N3O2/c1-12(2)5-6-14(3)11(16)10(9-13)15(12)7-8-17-4/h10H,5-9,13H2,1-4H3. The van der Waals surface area contributed by atoms with Gasteiger partial charge in [-0.3, -0.25) is 9.69 Å². The Bertz CT molecular complexity index is 268. The highest BCUT2D eigenvalue weighted by Crippen LogP contribution is 2.25. The highest BCUT2D eigenvalue weighted by atomic mass is 16.5. The summed E-state index contributed by atoms with van der Waals surface area (Å²) in [7, 11) is 3.52. The number of carbonyl (C=O) groups excluding carboxylic acids is 1. The summed E-state index contributed by atoms with van der Waals surface area (Å²) >= 11 is 0. The molecule has 5 nitrogen and oxygen atoms in total. The molecule has 0 aromatic heterocycles. The molecule has 1 saturated heterocycles. The van der Waals surface area contributed by atoms with Crippen molar-refractivity contribution in [3.8, 4) is 0 Å². The Hall–Kier alpha value is -0.650. The van der Waals surface area contributed by atoms with Gasteiger partial charge in [0.15, 0.2) is 0 Å². The molecule has 0 spiro atoms. The van der Waals surface area contributed by atoms with Crippen LogP contribution >= 0.6 is 0 Å². The predicted molar refractivity (Wildman–Crippen MR) is 67.8 cm³/mol. The average molecular weight is 243 g/mol. The number of nitrogens with two attached hydrogens (primary N) is 1. The first-order valence-corrected chi connectivity index (χ1v) is 6.14. The van der Waals surface area contributed by atoms with Gasteiger partial charge >= 0.3 is 0 Å². The maximum atomic E-state index is 12.2.